The smallest absolute Gasteiger partial charge is 0.780 e. The molecule has 0 bridgehead atoms. The van der Waals surface area contributed by atoms with Gasteiger partial charge in [-0.15, -0.1) is 0 Å². The summed E-state index contributed by atoms with van der Waals surface area (Å²) < 4.78 is 41.4. The van der Waals surface area contributed by atoms with E-state index in [0.717, 1.165) is 0 Å². The number of phosphoric ester groups is 1. The maximum atomic E-state index is 11.3. The molecule has 0 fully saturated rings. The van der Waals surface area contributed by atoms with Crippen molar-refractivity contribution in [1.82, 2.24) is 4.37 Å². The van der Waals surface area contributed by atoms with Crippen LogP contribution in [0.15, 0.2) is 36.5 Å². The van der Waals surface area contributed by atoms with Crippen molar-refractivity contribution in [3.63, 3.8) is 0 Å². The van der Waals surface area contributed by atoms with Crippen LogP contribution in [0.5, 0.6) is 28.7 Å². The summed E-state index contributed by atoms with van der Waals surface area (Å²) in [5.74, 6) is 1.50. The average molecular weight is 497 g/mol. The van der Waals surface area contributed by atoms with Crippen LogP contribution in [0.2, 0.25) is 0 Å². The van der Waals surface area contributed by atoms with Crippen LogP contribution >= 0.6 is 19.4 Å². The van der Waals surface area contributed by atoms with Gasteiger partial charge in [-0.3, -0.25) is 0 Å². The molecule has 160 valence electrons. The second-order valence-corrected chi connectivity index (χ2v) is 7.76. The fourth-order valence-electron chi connectivity index (χ4n) is 2.90. The molecule has 0 N–H and O–H groups in total. The zero-order valence-electron chi connectivity index (χ0n) is 18.5. The zero-order chi connectivity index (χ0) is 21.9. The van der Waals surface area contributed by atoms with Gasteiger partial charge in [0, 0.05) is 29.0 Å². The van der Waals surface area contributed by atoms with E-state index < -0.39 is 7.82 Å². The number of ether oxygens (including phenoxy) is 4. The Morgan fingerprint density at radius 1 is 0.844 bits per heavy atom. The third-order valence-electron chi connectivity index (χ3n) is 4.19. The molecule has 32 heavy (non-hydrogen) atoms. The normalized spacial score (nSPS) is 10.4. The minimum Gasteiger partial charge on any atom is -0.780 e. The molecule has 9 nitrogen and oxygen atoms in total. The molecule has 0 aliphatic carbocycles. The first kappa shape index (κ1) is 29.3. The van der Waals surface area contributed by atoms with Gasteiger partial charge in [0.2, 0.25) is 5.75 Å². The number of methoxy groups -OCH3 is 4. The van der Waals surface area contributed by atoms with Gasteiger partial charge in [-0.2, -0.15) is 4.37 Å². The van der Waals surface area contributed by atoms with E-state index in [9.17, 15) is 14.4 Å². The van der Waals surface area contributed by atoms with Crippen LogP contribution in [0.25, 0.3) is 21.6 Å². The molecular weight excluding hydrogens is 479 g/mol. The average Bonchev–Trinajstić information content (AvgIpc) is 3.20. The molecule has 3 rings (SSSR count). The molecule has 0 radical (unpaired) electrons. The van der Waals surface area contributed by atoms with Crippen LogP contribution < -0.4 is 92.4 Å². The number of aromatic nitrogens is 1. The fourth-order valence-corrected chi connectivity index (χ4v) is 4.04. The Labute approximate surface area is 234 Å². The van der Waals surface area contributed by atoms with Gasteiger partial charge in [-0.25, -0.2) is 0 Å². The topological polar surface area (TPSA) is 122 Å². The van der Waals surface area contributed by atoms with E-state index in [1.54, 1.807) is 30.5 Å². The number of phosphoric acid groups is 1. The molecule has 0 aliphatic heterocycles. The van der Waals surface area contributed by atoms with Crippen LogP contribution in [0.4, 0.5) is 0 Å². The molecule has 0 spiro atoms. The summed E-state index contributed by atoms with van der Waals surface area (Å²) in [7, 11) is 0.629. The second kappa shape index (κ2) is 12.6. The maximum Gasteiger partial charge on any atom is 1.00 e. The van der Waals surface area contributed by atoms with Crippen molar-refractivity contribution < 1.29 is 96.9 Å². The predicted molar refractivity (Wildman–Crippen MR) is 107 cm³/mol. The van der Waals surface area contributed by atoms with Crippen LogP contribution in [-0.2, 0) is 4.57 Å². The van der Waals surface area contributed by atoms with Crippen LogP contribution in [0, 0.1) is 0 Å². The van der Waals surface area contributed by atoms with E-state index in [2.05, 4.69) is 8.90 Å². The number of nitrogens with zero attached hydrogens (tertiary/aromatic N) is 1. The monoisotopic (exact) mass is 497 g/mol. The molecule has 0 unspecified atom stereocenters. The van der Waals surface area contributed by atoms with Gasteiger partial charge in [0.15, 0.2) is 11.5 Å². The summed E-state index contributed by atoms with van der Waals surface area (Å²) in [6, 6.07) is 8.03. The van der Waals surface area contributed by atoms with Gasteiger partial charge in [-0.05, 0) is 35.8 Å². The quantitative estimate of drug-likeness (QED) is 0.233. The molecular formula is C19H18NNa2O8PS. The van der Waals surface area contributed by atoms with Crippen LogP contribution in [0.3, 0.4) is 0 Å². The van der Waals surface area contributed by atoms with Crippen molar-refractivity contribution in [2.45, 2.75) is 0 Å². The molecule has 13 heteroatoms. The van der Waals surface area contributed by atoms with Gasteiger partial charge >= 0.3 is 59.1 Å². The first-order valence-corrected chi connectivity index (χ1v) is 10.7. The number of rotatable bonds is 8. The standard InChI is InChI=1S/C19H20NO8PS.2Na/c1-24-12-5-6-13(15(9-12)28-29(21,22)23)14-10-20-30-19(14)11-7-16(25-2)18(27-4)17(8-11)26-3;;/h5-10H,1-4H3,(H2,21,22,23);;/q;2*+1/p-2. The van der Waals surface area contributed by atoms with Crippen molar-refractivity contribution in [2.24, 2.45) is 0 Å². The van der Waals surface area contributed by atoms with Crippen molar-refractivity contribution >= 4 is 19.4 Å². The van der Waals surface area contributed by atoms with Gasteiger partial charge in [0.05, 0.1) is 33.3 Å². The minimum atomic E-state index is -5.30. The molecule has 0 amide bonds. The molecule has 0 atom stereocenters. The first-order valence-electron chi connectivity index (χ1n) is 8.46. The SMILES string of the molecule is COc1ccc(-c2cnsc2-c2cc(OC)c(OC)c(OC)c2)c(OP(=O)([O-])[O-])c1.[Na+].[Na+]. The summed E-state index contributed by atoms with van der Waals surface area (Å²) in [6.45, 7) is 0. The zero-order valence-corrected chi connectivity index (χ0v) is 24.2. The van der Waals surface area contributed by atoms with Gasteiger partial charge in [0.1, 0.15) is 19.3 Å². The van der Waals surface area contributed by atoms with E-state index in [1.165, 1.54) is 46.0 Å². The second-order valence-electron chi connectivity index (χ2n) is 5.88. The fraction of sp³-hybridized carbons (Fsp3) is 0.211. The Bertz CT molecular complexity index is 1080. The van der Waals surface area contributed by atoms with Gasteiger partial charge in [0.25, 0.3) is 0 Å². The summed E-state index contributed by atoms with van der Waals surface area (Å²) in [4.78, 5) is 23.2. The predicted octanol–water partition coefficient (Wildman–Crippen LogP) is -3.27. The van der Waals surface area contributed by atoms with Crippen molar-refractivity contribution in [3.05, 3.63) is 36.5 Å². The summed E-state index contributed by atoms with van der Waals surface area (Å²) in [5, 5.41) is 0. The largest absolute Gasteiger partial charge is 1.00 e. The Morgan fingerprint density at radius 3 is 1.97 bits per heavy atom. The van der Waals surface area contributed by atoms with Crippen LogP contribution in [0.1, 0.15) is 0 Å². The minimum absolute atomic E-state index is 0. The molecule has 0 saturated heterocycles. The van der Waals surface area contributed by atoms with Crippen LogP contribution in [-0.4, -0.2) is 32.8 Å². The third kappa shape index (κ3) is 6.64. The Kier molecular flexibility index (Phi) is 11.5. The van der Waals surface area contributed by atoms with E-state index in [1.807, 2.05) is 0 Å². The van der Waals surface area contributed by atoms with E-state index in [4.69, 9.17) is 18.9 Å². The third-order valence-corrected chi connectivity index (χ3v) is 5.46. The maximum absolute atomic E-state index is 11.3. The van der Waals surface area contributed by atoms with Crippen molar-refractivity contribution in [3.8, 4) is 50.3 Å². The number of hydrogen-bond donors (Lipinski definition) is 0. The Balaban J connectivity index is 0.00000256. The molecule has 1 aromatic heterocycles. The summed E-state index contributed by atoms with van der Waals surface area (Å²) in [5.41, 5.74) is 1.61. The molecule has 0 aliphatic rings. The Hall–Kier alpha value is -0.780. The molecule has 0 saturated carbocycles. The summed E-state index contributed by atoms with van der Waals surface area (Å²) in [6.07, 6.45) is 1.55. The number of benzene rings is 2. The number of hydrogen-bond acceptors (Lipinski definition) is 10. The molecule has 2 aromatic carbocycles. The van der Waals surface area contributed by atoms with Gasteiger partial charge in [-0.1, -0.05) is 0 Å². The van der Waals surface area contributed by atoms with Gasteiger partial charge < -0.3 is 37.8 Å². The first-order chi connectivity index (χ1) is 14.3. The molecule has 1 heterocycles. The van der Waals surface area contributed by atoms with E-state index >= 15 is 0 Å². The van der Waals surface area contributed by atoms with Crippen molar-refractivity contribution in [1.29, 1.82) is 0 Å². The van der Waals surface area contributed by atoms with E-state index in [0.29, 0.717) is 44.6 Å². The summed E-state index contributed by atoms with van der Waals surface area (Å²) >= 11 is 1.17. The van der Waals surface area contributed by atoms with E-state index in [-0.39, 0.29) is 64.9 Å². The van der Waals surface area contributed by atoms with Crippen molar-refractivity contribution in [2.75, 3.05) is 28.4 Å². The Morgan fingerprint density at radius 2 is 1.47 bits per heavy atom. The molecule has 3 aromatic rings.